The number of nitrogens with one attached hydrogen (secondary N) is 2. The van der Waals surface area contributed by atoms with Gasteiger partial charge in [0.25, 0.3) is 0 Å². The first kappa shape index (κ1) is 18.8. The van der Waals surface area contributed by atoms with Crippen molar-refractivity contribution in [1.29, 1.82) is 0 Å². The number of hydrogen-bond donors (Lipinski definition) is 2. The van der Waals surface area contributed by atoms with E-state index in [4.69, 9.17) is 0 Å². The van der Waals surface area contributed by atoms with Gasteiger partial charge in [-0.3, -0.25) is 5.32 Å². The molecule has 0 saturated carbocycles. The Bertz CT molecular complexity index is 1120. The van der Waals surface area contributed by atoms with Gasteiger partial charge >= 0.3 is 6.03 Å². The van der Waals surface area contributed by atoms with Crippen molar-refractivity contribution >= 4 is 28.2 Å². The van der Waals surface area contributed by atoms with Crippen LogP contribution < -0.4 is 10.6 Å². The minimum Gasteiger partial charge on any atom is -0.302 e. The van der Waals surface area contributed by atoms with Crippen LogP contribution in [-0.4, -0.2) is 11.0 Å². The van der Waals surface area contributed by atoms with Crippen molar-refractivity contribution in [3.05, 3.63) is 89.8 Å². The lowest BCUT2D eigenvalue weighted by Crippen LogP contribution is -2.20. The molecule has 29 heavy (non-hydrogen) atoms. The van der Waals surface area contributed by atoms with Crippen molar-refractivity contribution < 1.29 is 13.6 Å². The number of nitrogens with zero attached hydrogens (tertiary/aromatic N) is 1. The maximum atomic E-state index is 13.6. The van der Waals surface area contributed by atoms with E-state index in [1.165, 1.54) is 17.4 Å². The van der Waals surface area contributed by atoms with Gasteiger partial charge in [-0.1, -0.05) is 60.7 Å². The highest BCUT2D eigenvalue weighted by Crippen LogP contribution is 2.28. The minimum atomic E-state index is -0.849. The lowest BCUT2D eigenvalue weighted by Gasteiger charge is -2.07. The van der Waals surface area contributed by atoms with Crippen LogP contribution >= 0.6 is 11.3 Å². The first-order valence-corrected chi connectivity index (χ1v) is 9.61. The van der Waals surface area contributed by atoms with E-state index >= 15 is 0 Å². The number of para-hydroxylation sites is 1. The number of urea groups is 1. The van der Waals surface area contributed by atoms with Crippen LogP contribution in [0.25, 0.3) is 22.4 Å². The van der Waals surface area contributed by atoms with E-state index in [0.29, 0.717) is 10.8 Å². The van der Waals surface area contributed by atoms with Crippen LogP contribution in [0.2, 0.25) is 0 Å². The van der Waals surface area contributed by atoms with E-state index in [1.54, 1.807) is 5.38 Å². The highest BCUT2D eigenvalue weighted by atomic mass is 32.1. The summed E-state index contributed by atoms with van der Waals surface area (Å²) in [6, 6.07) is 20.5. The molecule has 0 aliphatic heterocycles. The van der Waals surface area contributed by atoms with Crippen molar-refractivity contribution in [3.63, 3.8) is 0 Å². The van der Waals surface area contributed by atoms with Crippen molar-refractivity contribution in [2.24, 2.45) is 0 Å². The first-order chi connectivity index (χ1) is 14.1. The van der Waals surface area contributed by atoms with Crippen molar-refractivity contribution in [3.8, 4) is 22.4 Å². The molecule has 0 unspecified atom stereocenters. The lowest BCUT2D eigenvalue weighted by atomic mass is 10.0. The van der Waals surface area contributed by atoms with E-state index in [0.717, 1.165) is 28.8 Å². The number of rotatable bonds is 4. The van der Waals surface area contributed by atoms with Gasteiger partial charge in [0.2, 0.25) is 0 Å². The maximum absolute atomic E-state index is 13.6. The van der Waals surface area contributed by atoms with Gasteiger partial charge in [0.1, 0.15) is 17.3 Å². The summed E-state index contributed by atoms with van der Waals surface area (Å²) in [5.41, 5.74) is 3.31. The molecule has 0 aliphatic carbocycles. The van der Waals surface area contributed by atoms with Gasteiger partial charge < -0.3 is 5.32 Å². The molecule has 0 atom stereocenters. The predicted molar refractivity (Wildman–Crippen MR) is 112 cm³/mol. The fourth-order valence-corrected chi connectivity index (χ4v) is 3.50. The van der Waals surface area contributed by atoms with E-state index in [-0.39, 0.29) is 0 Å². The Balaban J connectivity index is 1.45. The Morgan fingerprint density at radius 2 is 1.38 bits per heavy atom. The van der Waals surface area contributed by atoms with Crippen LogP contribution in [0, 0.1) is 11.6 Å². The van der Waals surface area contributed by atoms with Crippen molar-refractivity contribution in [2.45, 2.75) is 0 Å². The normalized spacial score (nSPS) is 10.6. The zero-order valence-electron chi connectivity index (χ0n) is 15.0. The molecular weight excluding hydrogens is 392 g/mol. The molecule has 1 aromatic heterocycles. The summed E-state index contributed by atoms with van der Waals surface area (Å²) in [7, 11) is 0. The average Bonchev–Trinajstić information content (AvgIpc) is 3.20. The van der Waals surface area contributed by atoms with E-state index in [2.05, 4.69) is 15.6 Å². The quantitative estimate of drug-likeness (QED) is 0.411. The van der Waals surface area contributed by atoms with Gasteiger partial charge in [0, 0.05) is 10.9 Å². The van der Waals surface area contributed by atoms with Crippen LogP contribution in [0.3, 0.4) is 0 Å². The fraction of sp³-hybridized carbons (Fsp3) is 0. The first-order valence-electron chi connectivity index (χ1n) is 8.73. The molecule has 2 N–H and O–H groups in total. The second kappa shape index (κ2) is 8.20. The largest absolute Gasteiger partial charge is 0.325 e. The molecule has 0 fully saturated rings. The molecule has 0 bridgehead atoms. The van der Waals surface area contributed by atoms with Crippen LogP contribution in [0.4, 0.5) is 24.4 Å². The van der Waals surface area contributed by atoms with Crippen LogP contribution in [0.5, 0.6) is 0 Å². The lowest BCUT2D eigenvalue weighted by molar-refractivity contribution is 0.262. The second-order valence-electron chi connectivity index (χ2n) is 6.16. The summed E-state index contributed by atoms with van der Waals surface area (Å²) in [6.07, 6.45) is 0. The Hall–Kier alpha value is -3.58. The molecule has 0 aliphatic rings. The van der Waals surface area contributed by atoms with E-state index in [1.807, 2.05) is 54.6 Å². The summed E-state index contributed by atoms with van der Waals surface area (Å²) in [4.78, 5) is 16.4. The molecular formula is C22H15F2N3OS. The predicted octanol–water partition coefficient (Wildman–Crippen LogP) is 6.40. The smallest absolute Gasteiger partial charge is 0.302 e. The van der Waals surface area contributed by atoms with Crippen LogP contribution in [0.15, 0.2) is 78.2 Å². The highest BCUT2D eigenvalue weighted by molar-refractivity contribution is 7.14. The summed E-state index contributed by atoms with van der Waals surface area (Å²) in [6.45, 7) is 0. The number of thiazole rings is 1. The molecule has 4 rings (SSSR count). The number of amides is 2. The third-order valence-electron chi connectivity index (χ3n) is 4.21. The monoisotopic (exact) mass is 407 g/mol. The Kier molecular flexibility index (Phi) is 5.31. The molecule has 4 nitrogen and oxygen atoms in total. The summed E-state index contributed by atoms with van der Waals surface area (Å²) >= 11 is 1.22. The number of aromatic nitrogens is 1. The number of halogens is 2. The molecule has 2 amide bonds. The average molecular weight is 407 g/mol. The maximum Gasteiger partial charge on any atom is 0.325 e. The molecule has 0 saturated heterocycles. The van der Waals surface area contributed by atoms with Gasteiger partial charge in [-0.05, 0) is 23.3 Å². The molecule has 3 aromatic carbocycles. The third kappa shape index (κ3) is 4.30. The fourth-order valence-electron chi connectivity index (χ4n) is 2.79. The molecule has 1 heterocycles. The van der Waals surface area contributed by atoms with Gasteiger partial charge in [-0.15, -0.1) is 11.3 Å². The highest BCUT2D eigenvalue weighted by Gasteiger charge is 2.13. The summed E-state index contributed by atoms with van der Waals surface area (Å²) in [5, 5.41) is 6.79. The van der Waals surface area contributed by atoms with Gasteiger partial charge in [-0.2, -0.15) is 0 Å². The van der Waals surface area contributed by atoms with E-state index < -0.39 is 23.4 Å². The summed E-state index contributed by atoms with van der Waals surface area (Å²) < 4.78 is 27.3. The SMILES string of the molecule is O=C(Nc1nc(-c2ccc(-c3ccccc3)cc2)cs1)Nc1c(F)cccc1F. The topological polar surface area (TPSA) is 54.0 Å². The zero-order chi connectivity index (χ0) is 20.2. The molecule has 0 radical (unpaired) electrons. The number of hydrogen-bond acceptors (Lipinski definition) is 3. The number of carbonyl (C=O) groups is 1. The van der Waals surface area contributed by atoms with E-state index in [9.17, 15) is 13.6 Å². The zero-order valence-corrected chi connectivity index (χ0v) is 15.8. The van der Waals surface area contributed by atoms with Crippen LogP contribution in [0.1, 0.15) is 0 Å². The molecule has 4 aromatic rings. The standard InChI is InChI=1S/C22H15F2N3OS/c23-17-7-4-8-18(24)20(17)26-21(28)27-22-25-19(13-29-22)16-11-9-15(10-12-16)14-5-2-1-3-6-14/h1-13H,(H2,25,26,27,28). The third-order valence-corrected chi connectivity index (χ3v) is 4.97. The Labute approximate surface area is 169 Å². The van der Waals surface area contributed by atoms with Crippen molar-refractivity contribution in [2.75, 3.05) is 10.6 Å². The minimum absolute atomic E-state index is 0.321. The molecule has 0 spiro atoms. The van der Waals surface area contributed by atoms with Crippen molar-refractivity contribution in [1.82, 2.24) is 4.98 Å². The second-order valence-corrected chi connectivity index (χ2v) is 7.02. The number of anilines is 2. The number of benzene rings is 3. The Morgan fingerprint density at radius 3 is 2.07 bits per heavy atom. The summed E-state index contributed by atoms with van der Waals surface area (Å²) in [5.74, 6) is -1.70. The molecule has 7 heteroatoms. The van der Waals surface area contributed by atoms with Crippen LogP contribution in [-0.2, 0) is 0 Å². The number of carbonyl (C=O) groups excluding carboxylic acids is 1. The van der Waals surface area contributed by atoms with Gasteiger partial charge in [0.15, 0.2) is 5.13 Å². The van der Waals surface area contributed by atoms with Gasteiger partial charge in [0.05, 0.1) is 5.69 Å². The Morgan fingerprint density at radius 1 is 0.759 bits per heavy atom. The van der Waals surface area contributed by atoms with Gasteiger partial charge in [-0.25, -0.2) is 18.6 Å². The molecule has 144 valence electrons.